The van der Waals surface area contributed by atoms with Crippen LogP contribution in [0.1, 0.15) is 24.5 Å². The van der Waals surface area contributed by atoms with Gasteiger partial charge in [0.15, 0.2) is 0 Å². The number of nitrogens with zero attached hydrogens (tertiary/aromatic N) is 2. The maximum Gasteiger partial charge on any atom is 0.229 e. The highest BCUT2D eigenvalue weighted by atomic mass is 19.1. The fourth-order valence-corrected chi connectivity index (χ4v) is 3.93. The Bertz CT molecular complexity index is 1020. The molecule has 1 saturated heterocycles. The van der Waals surface area contributed by atoms with E-state index in [9.17, 15) is 18.8 Å². The topological polar surface area (TPSA) is 69.7 Å². The van der Waals surface area contributed by atoms with Gasteiger partial charge in [-0.3, -0.25) is 14.4 Å². The molecule has 1 atom stereocenters. The Balaban J connectivity index is 1.47. The van der Waals surface area contributed by atoms with Gasteiger partial charge in [-0.15, -0.1) is 0 Å². The summed E-state index contributed by atoms with van der Waals surface area (Å²) in [6, 6.07) is 10.1. The van der Waals surface area contributed by atoms with Crippen molar-refractivity contribution in [2.24, 2.45) is 5.92 Å². The van der Waals surface area contributed by atoms with Crippen molar-refractivity contribution >= 4 is 34.8 Å². The molecule has 0 aromatic heterocycles. The van der Waals surface area contributed by atoms with Gasteiger partial charge in [0.05, 0.1) is 5.92 Å². The quantitative estimate of drug-likeness (QED) is 0.869. The molecule has 4 rings (SSSR count). The number of fused-ring (bicyclic) bond motifs is 1. The van der Waals surface area contributed by atoms with Crippen LogP contribution in [0.2, 0.25) is 0 Å². The number of rotatable bonds is 3. The summed E-state index contributed by atoms with van der Waals surface area (Å²) in [6.45, 7) is 4.10. The number of benzene rings is 2. The second-order valence-electron chi connectivity index (χ2n) is 7.59. The Kier molecular flexibility index (Phi) is 4.82. The van der Waals surface area contributed by atoms with Crippen LogP contribution in [0.15, 0.2) is 36.4 Å². The smallest absolute Gasteiger partial charge is 0.229 e. The minimum absolute atomic E-state index is 0.00183. The van der Waals surface area contributed by atoms with Crippen molar-refractivity contribution < 1.29 is 18.8 Å². The molecule has 2 aromatic carbocycles. The number of hydrogen-bond acceptors (Lipinski definition) is 3. The molecule has 0 radical (unpaired) electrons. The van der Waals surface area contributed by atoms with Gasteiger partial charge in [-0.1, -0.05) is 6.07 Å². The van der Waals surface area contributed by atoms with Gasteiger partial charge >= 0.3 is 0 Å². The summed E-state index contributed by atoms with van der Waals surface area (Å²) in [5.74, 6) is -1.31. The van der Waals surface area contributed by atoms with E-state index < -0.39 is 5.92 Å². The average molecular weight is 395 g/mol. The lowest BCUT2D eigenvalue weighted by Crippen LogP contribution is -2.28. The van der Waals surface area contributed by atoms with Gasteiger partial charge in [-0.05, 0) is 54.8 Å². The zero-order valence-electron chi connectivity index (χ0n) is 16.4. The van der Waals surface area contributed by atoms with E-state index in [-0.39, 0.29) is 36.5 Å². The van der Waals surface area contributed by atoms with E-state index >= 15 is 0 Å². The highest BCUT2D eigenvalue weighted by molar-refractivity contribution is 6.04. The van der Waals surface area contributed by atoms with E-state index in [0.29, 0.717) is 17.8 Å². The maximum atomic E-state index is 13.7. The molecule has 1 N–H and O–H groups in total. The number of aryl methyl sites for hydroxylation is 1. The average Bonchev–Trinajstić information content (AvgIpc) is 3.27. The van der Waals surface area contributed by atoms with Crippen molar-refractivity contribution in [2.45, 2.75) is 26.7 Å². The van der Waals surface area contributed by atoms with Gasteiger partial charge in [-0.2, -0.15) is 0 Å². The lowest BCUT2D eigenvalue weighted by Gasteiger charge is -2.19. The lowest BCUT2D eigenvalue weighted by molar-refractivity contribution is -0.122. The van der Waals surface area contributed by atoms with E-state index in [1.165, 1.54) is 13.0 Å². The van der Waals surface area contributed by atoms with Gasteiger partial charge < -0.3 is 15.1 Å². The van der Waals surface area contributed by atoms with Crippen molar-refractivity contribution in [3.8, 4) is 0 Å². The molecule has 29 heavy (non-hydrogen) atoms. The number of nitrogens with one attached hydrogen (secondary N) is 1. The molecule has 0 aliphatic carbocycles. The third-order valence-corrected chi connectivity index (χ3v) is 5.59. The van der Waals surface area contributed by atoms with Crippen molar-refractivity contribution in [1.82, 2.24) is 0 Å². The third-order valence-electron chi connectivity index (χ3n) is 5.59. The van der Waals surface area contributed by atoms with Gasteiger partial charge in [0, 0.05) is 43.5 Å². The molecule has 0 bridgehead atoms. The summed E-state index contributed by atoms with van der Waals surface area (Å²) in [7, 11) is 0. The summed E-state index contributed by atoms with van der Waals surface area (Å²) < 4.78 is 13.7. The molecule has 3 amide bonds. The molecule has 0 saturated carbocycles. The van der Waals surface area contributed by atoms with Gasteiger partial charge in [-0.25, -0.2) is 4.39 Å². The molecule has 2 aromatic rings. The fraction of sp³-hybridized carbons (Fsp3) is 0.318. The van der Waals surface area contributed by atoms with Crippen LogP contribution in [-0.4, -0.2) is 30.8 Å². The molecule has 1 unspecified atom stereocenters. The summed E-state index contributed by atoms with van der Waals surface area (Å²) in [6.07, 6.45) is 0.852. The van der Waals surface area contributed by atoms with Crippen LogP contribution in [0.25, 0.3) is 0 Å². The van der Waals surface area contributed by atoms with Gasteiger partial charge in [0.25, 0.3) is 0 Å². The summed E-state index contributed by atoms with van der Waals surface area (Å²) in [4.78, 5) is 40.2. The fourth-order valence-electron chi connectivity index (χ4n) is 3.93. The Morgan fingerprint density at radius 3 is 2.69 bits per heavy atom. The first-order chi connectivity index (χ1) is 13.8. The van der Waals surface area contributed by atoms with Crippen LogP contribution >= 0.6 is 0 Å². The van der Waals surface area contributed by atoms with Crippen LogP contribution < -0.4 is 15.1 Å². The molecule has 2 heterocycles. The van der Waals surface area contributed by atoms with Crippen molar-refractivity contribution in [1.29, 1.82) is 0 Å². The summed E-state index contributed by atoms with van der Waals surface area (Å²) in [5, 5.41) is 2.70. The van der Waals surface area contributed by atoms with Crippen LogP contribution in [0.3, 0.4) is 0 Å². The van der Waals surface area contributed by atoms with Crippen LogP contribution in [0.4, 0.5) is 21.5 Å². The highest BCUT2D eigenvalue weighted by Gasteiger charge is 2.36. The summed E-state index contributed by atoms with van der Waals surface area (Å²) in [5.41, 5.74) is 3.52. The number of carbonyl (C=O) groups excluding carboxylic acids is 3. The summed E-state index contributed by atoms with van der Waals surface area (Å²) >= 11 is 0. The van der Waals surface area contributed by atoms with Crippen molar-refractivity contribution in [3.05, 3.63) is 53.3 Å². The molecule has 1 fully saturated rings. The van der Waals surface area contributed by atoms with E-state index in [1.807, 2.05) is 18.2 Å². The maximum absolute atomic E-state index is 13.7. The van der Waals surface area contributed by atoms with E-state index in [0.717, 1.165) is 23.4 Å². The lowest BCUT2D eigenvalue weighted by atomic mass is 10.1. The molecule has 2 aliphatic rings. The minimum atomic E-state index is -0.506. The number of amides is 3. The monoisotopic (exact) mass is 395 g/mol. The number of carbonyl (C=O) groups is 3. The highest BCUT2D eigenvalue weighted by Crippen LogP contribution is 2.34. The van der Waals surface area contributed by atoms with Crippen LogP contribution in [0.5, 0.6) is 0 Å². The molecule has 6 nitrogen and oxygen atoms in total. The third kappa shape index (κ3) is 3.60. The second kappa shape index (κ2) is 7.31. The number of hydrogen-bond donors (Lipinski definition) is 1. The molecule has 0 spiro atoms. The van der Waals surface area contributed by atoms with Crippen molar-refractivity contribution in [3.63, 3.8) is 0 Å². The predicted octanol–water partition coefficient (Wildman–Crippen LogP) is 3.03. The predicted molar refractivity (Wildman–Crippen MR) is 108 cm³/mol. The molecular formula is C22H22FN3O3. The van der Waals surface area contributed by atoms with Crippen LogP contribution in [-0.2, 0) is 20.8 Å². The first kappa shape index (κ1) is 19.1. The Morgan fingerprint density at radius 1 is 1.17 bits per heavy atom. The van der Waals surface area contributed by atoms with Gasteiger partial charge in [0.1, 0.15) is 5.82 Å². The first-order valence-corrected chi connectivity index (χ1v) is 9.62. The number of halogens is 1. The van der Waals surface area contributed by atoms with E-state index in [4.69, 9.17) is 0 Å². The standard InChI is InChI=1S/C22H22FN3O3/c1-13-3-4-17(11-19(13)23)24-22(29)16-10-21(28)26(12-16)18-5-6-20-15(9-18)7-8-25(20)14(2)27/h3-6,9,11,16H,7-8,10,12H2,1-2H3,(H,24,29). The minimum Gasteiger partial charge on any atom is -0.326 e. The van der Waals surface area contributed by atoms with E-state index in [2.05, 4.69) is 5.32 Å². The first-order valence-electron chi connectivity index (χ1n) is 9.62. The molecule has 2 aliphatic heterocycles. The normalized spacial score (nSPS) is 18.2. The van der Waals surface area contributed by atoms with Crippen LogP contribution in [0, 0.1) is 18.7 Å². The SMILES string of the molecule is CC(=O)N1CCc2cc(N3CC(C(=O)Nc4ccc(C)c(F)c4)CC3=O)ccc21. The Hall–Kier alpha value is -3.22. The Labute approximate surface area is 168 Å². The zero-order valence-corrected chi connectivity index (χ0v) is 16.4. The van der Waals surface area contributed by atoms with Gasteiger partial charge in [0.2, 0.25) is 17.7 Å². The van der Waals surface area contributed by atoms with E-state index in [1.54, 1.807) is 28.9 Å². The van der Waals surface area contributed by atoms with Crippen molar-refractivity contribution in [2.75, 3.05) is 28.2 Å². The molecule has 7 heteroatoms. The zero-order chi connectivity index (χ0) is 20.7. The molecule has 150 valence electrons. The largest absolute Gasteiger partial charge is 0.326 e. The number of anilines is 3. The Morgan fingerprint density at radius 2 is 1.97 bits per heavy atom. The second-order valence-corrected chi connectivity index (χ2v) is 7.59. The molecular weight excluding hydrogens is 373 g/mol.